The summed E-state index contributed by atoms with van der Waals surface area (Å²) in [6, 6.07) is 16.0. The molecular weight excluding hydrogens is 366 g/mol. The lowest BCUT2D eigenvalue weighted by Gasteiger charge is -2.04. The number of aromatic nitrogens is 1. The summed E-state index contributed by atoms with van der Waals surface area (Å²) in [6.07, 6.45) is 0.0617. The zero-order valence-electron chi connectivity index (χ0n) is 14.3. The molecule has 0 radical (unpaired) electrons. The van der Waals surface area contributed by atoms with Gasteiger partial charge in [-0.25, -0.2) is 4.98 Å². The van der Waals surface area contributed by atoms with Crippen LogP contribution in [0, 0.1) is 0 Å². The molecule has 0 saturated carbocycles. The summed E-state index contributed by atoms with van der Waals surface area (Å²) in [5.41, 5.74) is 3.01. The molecule has 0 bridgehead atoms. The molecule has 7 nitrogen and oxygen atoms in total. The number of carbonyl (C=O) groups is 3. The molecule has 0 unspecified atom stereocenters. The van der Waals surface area contributed by atoms with Gasteiger partial charge in [-0.05, 0) is 23.3 Å². The molecule has 2 aromatic carbocycles. The Morgan fingerprint density at radius 1 is 0.926 bits per heavy atom. The third-order valence-electron chi connectivity index (χ3n) is 3.73. The van der Waals surface area contributed by atoms with Gasteiger partial charge in [-0.3, -0.25) is 14.4 Å². The minimum absolute atomic E-state index is 0.0617. The van der Waals surface area contributed by atoms with E-state index in [9.17, 15) is 14.4 Å². The second kappa shape index (κ2) is 8.41. The third-order valence-corrected chi connectivity index (χ3v) is 4.75. The summed E-state index contributed by atoms with van der Waals surface area (Å²) < 4.78 is 0.985. The van der Waals surface area contributed by atoms with Crippen LogP contribution in [0.15, 0.2) is 48.5 Å². The van der Waals surface area contributed by atoms with Crippen molar-refractivity contribution in [3.05, 3.63) is 53.5 Å². The van der Waals surface area contributed by atoms with Crippen LogP contribution in [0.1, 0.15) is 5.01 Å². The van der Waals surface area contributed by atoms with Crippen molar-refractivity contribution in [2.24, 2.45) is 0 Å². The fourth-order valence-corrected chi connectivity index (χ4v) is 3.48. The lowest BCUT2D eigenvalue weighted by atomic mass is 10.1. The van der Waals surface area contributed by atoms with E-state index in [2.05, 4.69) is 15.6 Å². The predicted molar refractivity (Wildman–Crippen MR) is 102 cm³/mol. The molecule has 0 fully saturated rings. The van der Waals surface area contributed by atoms with Crippen molar-refractivity contribution in [1.82, 2.24) is 15.6 Å². The van der Waals surface area contributed by atoms with Crippen molar-refractivity contribution in [1.29, 1.82) is 0 Å². The van der Waals surface area contributed by atoms with E-state index in [0.717, 1.165) is 21.3 Å². The molecule has 27 heavy (non-hydrogen) atoms. The van der Waals surface area contributed by atoms with Crippen LogP contribution in [0.25, 0.3) is 21.3 Å². The van der Waals surface area contributed by atoms with Crippen LogP contribution in [0.4, 0.5) is 0 Å². The average molecular weight is 383 g/mol. The van der Waals surface area contributed by atoms with Gasteiger partial charge in [0.25, 0.3) is 0 Å². The number of benzene rings is 2. The smallest absolute Gasteiger partial charge is 0.322 e. The highest BCUT2D eigenvalue weighted by Gasteiger charge is 2.11. The first-order valence-corrected chi connectivity index (χ1v) is 9.03. The molecule has 3 N–H and O–H groups in total. The van der Waals surface area contributed by atoms with Gasteiger partial charge in [0.15, 0.2) is 0 Å². The third kappa shape index (κ3) is 5.11. The summed E-state index contributed by atoms with van der Waals surface area (Å²) in [5, 5.41) is 13.8. The van der Waals surface area contributed by atoms with Crippen LogP contribution < -0.4 is 10.6 Å². The minimum Gasteiger partial charge on any atom is -0.480 e. The Morgan fingerprint density at radius 2 is 1.67 bits per heavy atom. The number of amides is 2. The summed E-state index contributed by atoms with van der Waals surface area (Å²) in [7, 11) is 0. The fourth-order valence-electron chi connectivity index (χ4n) is 2.47. The molecule has 0 aliphatic carbocycles. The van der Waals surface area contributed by atoms with Crippen molar-refractivity contribution in [3.63, 3.8) is 0 Å². The van der Waals surface area contributed by atoms with Crippen molar-refractivity contribution in [2.45, 2.75) is 6.42 Å². The van der Waals surface area contributed by atoms with E-state index in [0.29, 0.717) is 5.01 Å². The monoisotopic (exact) mass is 383 g/mol. The number of aliphatic carboxylic acids is 1. The number of carboxylic acids is 1. The Morgan fingerprint density at radius 3 is 2.41 bits per heavy atom. The topological polar surface area (TPSA) is 108 Å². The lowest BCUT2D eigenvalue weighted by Crippen LogP contribution is -2.39. The maximum absolute atomic E-state index is 12.0. The minimum atomic E-state index is -1.14. The molecule has 1 aromatic heterocycles. The number of hydrogen-bond acceptors (Lipinski definition) is 5. The van der Waals surface area contributed by atoms with Gasteiger partial charge in [-0.1, -0.05) is 36.4 Å². The molecule has 0 atom stereocenters. The van der Waals surface area contributed by atoms with Gasteiger partial charge in [-0.15, -0.1) is 11.3 Å². The number of carboxylic acid groups (broad SMARTS) is 1. The number of fused-ring (bicyclic) bond motifs is 1. The molecule has 138 valence electrons. The predicted octanol–water partition coefficient (Wildman–Crippen LogP) is 1.82. The Hall–Kier alpha value is -3.26. The zero-order chi connectivity index (χ0) is 19.2. The zero-order valence-corrected chi connectivity index (χ0v) is 15.1. The van der Waals surface area contributed by atoms with Gasteiger partial charge < -0.3 is 15.7 Å². The van der Waals surface area contributed by atoms with Gasteiger partial charge in [0.05, 0.1) is 23.2 Å². The summed E-state index contributed by atoms with van der Waals surface area (Å²) >= 11 is 1.43. The van der Waals surface area contributed by atoms with E-state index in [1.54, 1.807) is 0 Å². The molecular formula is C19H17N3O4S. The molecule has 2 amide bonds. The summed E-state index contributed by atoms with van der Waals surface area (Å²) in [5.74, 6) is -2.04. The lowest BCUT2D eigenvalue weighted by molar-refractivity contribution is -0.137. The molecule has 3 rings (SSSR count). The van der Waals surface area contributed by atoms with Gasteiger partial charge >= 0.3 is 5.97 Å². The van der Waals surface area contributed by atoms with Crippen LogP contribution in [0.2, 0.25) is 0 Å². The van der Waals surface area contributed by atoms with E-state index in [-0.39, 0.29) is 18.9 Å². The van der Waals surface area contributed by atoms with Gasteiger partial charge in [0.1, 0.15) is 11.6 Å². The second-order valence-corrected chi connectivity index (χ2v) is 6.90. The number of carbonyl (C=O) groups excluding carboxylic acids is 2. The average Bonchev–Trinajstić information content (AvgIpc) is 3.06. The van der Waals surface area contributed by atoms with Gasteiger partial charge in [0.2, 0.25) is 11.8 Å². The Labute approximate surface area is 159 Å². The molecule has 8 heteroatoms. The van der Waals surface area contributed by atoms with E-state index >= 15 is 0 Å². The van der Waals surface area contributed by atoms with Crippen molar-refractivity contribution < 1.29 is 19.5 Å². The standard InChI is InChI=1S/C19H17N3O4S/c23-16(20-10-17(24)21-11-19(25)26)9-18-22-14-7-6-13(8-15(14)27-18)12-4-2-1-3-5-12/h1-8H,9-11H2,(H,20,23)(H,21,24)(H,25,26). The Balaban J connectivity index is 1.61. The highest BCUT2D eigenvalue weighted by Crippen LogP contribution is 2.28. The first-order chi connectivity index (χ1) is 13.0. The van der Waals surface area contributed by atoms with Crippen molar-refractivity contribution in [3.8, 4) is 11.1 Å². The maximum Gasteiger partial charge on any atom is 0.322 e. The van der Waals surface area contributed by atoms with Crippen molar-refractivity contribution >= 4 is 39.3 Å². The highest BCUT2D eigenvalue weighted by atomic mass is 32.1. The highest BCUT2D eigenvalue weighted by molar-refractivity contribution is 7.18. The maximum atomic E-state index is 12.0. The quantitative estimate of drug-likeness (QED) is 0.577. The number of rotatable bonds is 7. The first-order valence-electron chi connectivity index (χ1n) is 8.21. The van der Waals surface area contributed by atoms with Crippen LogP contribution in [-0.2, 0) is 20.8 Å². The Kier molecular flexibility index (Phi) is 5.77. The van der Waals surface area contributed by atoms with Crippen LogP contribution in [-0.4, -0.2) is 41.0 Å². The molecule has 1 heterocycles. The van der Waals surface area contributed by atoms with Crippen molar-refractivity contribution in [2.75, 3.05) is 13.1 Å². The normalized spacial score (nSPS) is 10.5. The number of nitrogens with zero attached hydrogens (tertiary/aromatic N) is 1. The molecule has 0 aliphatic rings. The molecule has 0 spiro atoms. The van der Waals surface area contributed by atoms with Crippen LogP contribution in [0.3, 0.4) is 0 Å². The Bertz CT molecular complexity index is 985. The molecule has 0 aliphatic heterocycles. The number of thiazole rings is 1. The van der Waals surface area contributed by atoms with Crippen LogP contribution >= 0.6 is 11.3 Å². The van der Waals surface area contributed by atoms with E-state index in [4.69, 9.17) is 5.11 Å². The van der Waals surface area contributed by atoms with Gasteiger partial charge in [-0.2, -0.15) is 0 Å². The first kappa shape index (κ1) is 18.5. The van der Waals surface area contributed by atoms with E-state index in [1.807, 2.05) is 48.5 Å². The fraction of sp³-hybridized carbons (Fsp3) is 0.158. The SMILES string of the molecule is O=C(O)CNC(=O)CNC(=O)Cc1nc2ccc(-c3ccccc3)cc2s1. The second-order valence-electron chi connectivity index (χ2n) is 5.78. The molecule has 3 aromatic rings. The van der Waals surface area contributed by atoms with E-state index < -0.39 is 18.4 Å². The molecule has 0 saturated heterocycles. The number of nitrogens with one attached hydrogen (secondary N) is 2. The van der Waals surface area contributed by atoms with Gasteiger partial charge in [0, 0.05) is 0 Å². The summed E-state index contributed by atoms with van der Waals surface area (Å²) in [4.78, 5) is 38.2. The largest absolute Gasteiger partial charge is 0.480 e. The van der Waals surface area contributed by atoms with Crippen LogP contribution in [0.5, 0.6) is 0 Å². The summed E-state index contributed by atoms with van der Waals surface area (Å²) in [6.45, 7) is -0.745. The van der Waals surface area contributed by atoms with E-state index in [1.165, 1.54) is 11.3 Å². The number of hydrogen-bond donors (Lipinski definition) is 3.